The molecule has 0 aromatic heterocycles. The first-order valence-corrected chi connectivity index (χ1v) is 15.6. The maximum Gasteiger partial charge on any atom is 0.220 e. The van der Waals surface area contributed by atoms with E-state index in [1.807, 2.05) is 6.08 Å². The van der Waals surface area contributed by atoms with Crippen molar-refractivity contribution < 1.29 is 39.8 Å². The average Bonchev–Trinajstić information content (AvgIpc) is 2.95. The molecule has 1 fully saturated rings. The molecule has 1 saturated heterocycles. The van der Waals surface area contributed by atoms with E-state index in [1.165, 1.54) is 38.5 Å². The van der Waals surface area contributed by atoms with Crippen LogP contribution in [0.2, 0.25) is 0 Å². The van der Waals surface area contributed by atoms with E-state index in [0.29, 0.717) is 6.42 Å². The molecule has 7 unspecified atom stereocenters. The van der Waals surface area contributed by atoms with Crippen molar-refractivity contribution in [2.24, 2.45) is 0 Å². The quantitative estimate of drug-likeness (QED) is 0.0804. The van der Waals surface area contributed by atoms with Crippen molar-refractivity contribution in [3.05, 3.63) is 24.3 Å². The predicted octanol–water partition coefficient (Wildman–Crippen LogP) is 3.65. The van der Waals surface area contributed by atoms with E-state index < -0.39 is 49.5 Å². The van der Waals surface area contributed by atoms with E-state index in [0.717, 1.165) is 51.4 Å². The minimum Gasteiger partial charge on any atom is -0.394 e. The summed E-state index contributed by atoms with van der Waals surface area (Å²) >= 11 is 0. The maximum absolute atomic E-state index is 12.6. The van der Waals surface area contributed by atoms with Crippen LogP contribution >= 0.6 is 0 Å². The monoisotopic (exact) mass is 571 g/mol. The molecule has 1 aliphatic heterocycles. The molecule has 1 rings (SSSR count). The molecule has 0 aromatic carbocycles. The first kappa shape index (κ1) is 36.7. The lowest BCUT2D eigenvalue weighted by Crippen LogP contribution is -2.60. The zero-order valence-corrected chi connectivity index (χ0v) is 24.8. The highest BCUT2D eigenvalue weighted by molar-refractivity contribution is 5.76. The molecule has 0 aromatic rings. The zero-order chi connectivity index (χ0) is 29.6. The normalized spacial score (nSPS) is 25.0. The number of rotatable bonds is 23. The molecule has 0 aliphatic carbocycles. The minimum absolute atomic E-state index is 0.200. The Hall–Kier alpha value is -1.33. The highest BCUT2D eigenvalue weighted by atomic mass is 16.7. The number of unbranched alkanes of at least 4 members (excludes halogenated alkanes) is 11. The molecule has 0 saturated carbocycles. The second-order valence-corrected chi connectivity index (χ2v) is 10.9. The van der Waals surface area contributed by atoms with E-state index >= 15 is 0 Å². The third kappa shape index (κ3) is 15.6. The van der Waals surface area contributed by atoms with Gasteiger partial charge in [0, 0.05) is 6.42 Å². The van der Waals surface area contributed by atoms with E-state index in [4.69, 9.17) is 9.47 Å². The van der Waals surface area contributed by atoms with Gasteiger partial charge >= 0.3 is 0 Å². The Morgan fingerprint density at radius 1 is 0.825 bits per heavy atom. The van der Waals surface area contributed by atoms with E-state index in [9.17, 15) is 30.3 Å². The lowest BCUT2D eigenvalue weighted by atomic mass is 9.99. The van der Waals surface area contributed by atoms with Crippen molar-refractivity contribution in [2.75, 3.05) is 13.2 Å². The summed E-state index contributed by atoms with van der Waals surface area (Å²) in [6.07, 6.45) is 15.4. The molecule has 0 spiro atoms. The fourth-order valence-corrected chi connectivity index (χ4v) is 4.64. The lowest BCUT2D eigenvalue weighted by molar-refractivity contribution is -0.302. The number of ether oxygens (including phenoxy) is 2. The molecule has 0 bridgehead atoms. The Labute approximate surface area is 241 Å². The van der Waals surface area contributed by atoms with Crippen molar-refractivity contribution in [1.29, 1.82) is 0 Å². The van der Waals surface area contributed by atoms with Gasteiger partial charge in [-0.05, 0) is 32.1 Å². The zero-order valence-electron chi connectivity index (χ0n) is 24.8. The summed E-state index contributed by atoms with van der Waals surface area (Å²) in [5.41, 5.74) is 0. The van der Waals surface area contributed by atoms with Crippen LogP contribution in [0, 0.1) is 0 Å². The Morgan fingerprint density at radius 2 is 1.43 bits per heavy atom. The van der Waals surface area contributed by atoms with Gasteiger partial charge in [0.25, 0.3) is 0 Å². The number of amides is 1. The number of allylic oxidation sites excluding steroid dienone is 3. The van der Waals surface area contributed by atoms with Gasteiger partial charge in [-0.15, -0.1) is 0 Å². The molecular weight excluding hydrogens is 514 g/mol. The smallest absolute Gasteiger partial charge is 0.220 e. The van der Waals surface area contributed by atoms with Gasteiger partial charge < -0.3 is 40.3 Å². The standard InChI is InChI=1S/C31H57NO8/c1-3-5-7-9-11-12-13-14-15-16-18-20-25(34)24(32-27(35)21-19-17-10-8-6-4-2)23-39-31-30(38)29(37)28(36)26(22-33)40-31/h13-14,18,20,24-26,28-31,33-34,36-38H,3-12,15-17,19,21-23H2,1-2H3,(H,32,35)/b14-13+,20-18+. The van der Waals surface area contributed by atoms with Gasteiger partial charge in [0.15, 0.2) is 6.29 Å². The van der Waals surface area contributed by atoms with Crippen molar-refractivity contribution in [1.82, 2.24) is 5.32 Å². The number of hydrogen-bond donors (Lipinski definition) is 6. The molecule has 7 atom stereocenters. The van der Waals surface area contributed by atoms with Crippen LogP contribution < -0.4 is 5.32 Å². The van der Waals surface area contributed by atoms with E-state index in [2.05, 4.69) is 31.3 Å². The summed E-state index contributed by atoms with van der Waals surface area (Å²) in [7, 11) is 0. The predicted molar refractivity (Wildman–Crippen MR) is 157 cm³/mol. The van der Waals surface area contributed by atoms with Crippen LogP contribution in [0.25, 0.3) is 0 Å². The Bertz CT molecular complexity index is 686. The summed E-state index contributed by atoms with van der Waals surface area (Å²) in [5.74, 6) is -0.202. The molecule has 9 heteroatoms. The lowest BCUT2D eigenvalue weighted by Gasteiger charge is -2.40. The second-order valence-electron chi connectivity index (χ2n) is 10.9. The third-order valence-corrected chi connectivity index (χ3v) is 7.28. The van der Waals surface area contributed by atoms with Gasteiger partial charge in [0.2, 0.25) is 5.91 Å². The molecule has 40 heavy (non-hydrogen) atoms. The van der Waals surface area contributed by atoms with Crippen LogP contribution in [-0.4, -0.2) is 87.5 Å². The summed E-state index contributed by atoms with van der Waals surface area (Å²) in [6, 6.07) is -0.810. The van der Waals surface area contributed by atoms with Crippen LogP contribution in [0.15, 0.2) is 24.3 Å². The fourth-order valence-electron chi connectivity index (χ4n) is 4.64. The van der Waals surface area contributed by atoms with Crippen molar-refractivity contribution >= 4 is 5.91 Å². The largest absolute Gasteiger partial charge is 0.394 e. The molecule has 6 N–H and O–H groups in total. The van der Waals surface area contributed by atoms with Gasteiger partial charge in [-0.1, -0.05) is 95.9 Å². The molecular formula is C31H57NO8. The Morgan fingerprint density at radius 3 is 2.10 bits per heavy atom. The van der Waals surface area contributed by atoms with Crippen molar-refractivity contribution in [3.63, 3.8) is 0 Å². The van der Waals surface area contributed by atoms with Gasteiger partial charge in [-0.25, -0.2) is 0 Å². The van der Waals surface area contributed by atoms with Crippen LogP contribution in [0.1, 0.15) is 110 Å². The average molecular weight is 572 g/mol. The molecule has 0 radical (unpaired) electrons. The molecule has 234 valence electrons. The highest BCUT2D eigenvalue weighted by Crippen LogP contribution is 2.22. The topological polar surface area (TPSA) is 149 Å². The number of carbonyl (C=O) groups excluding carboxylic acids is 1. The molecule has 1 aliphatic rings. The maximum atomic E-state index is 12.6. The molecule has 9 nitrogen and oxygen atoms in total. The van der Waals surface area contributed by atoms with Crippen LogP contribution in [0.3, 0.4) is 0 Å². The SMILES string of the molecule is CCCCCCC/C=C/CC/C=C/C(O)C(COC1OC(CO)C(O)C(O)C1O)NC(=O)CCCCCCCC. The van der Waals surface area contributed by atoms with Crippen LogP contribution in [0.4, 0.5) is 0 Å². The number of aliphatic hydroxyl groups excluding tert-OH is 5. The summed E-state index contributed by atoms with van der Waals surface area (Å²) in [6.45, 7) is 3.60. The number of aliphatic hydroxyl groups is 5. The van der Waals surface area contributed by atoms with E-state index in [1.54, 1.807) is 6.08 Å². The summed E-state index contributed by atoms with van der Waals surface area (Å²) < 4.78 is 11.0. The molecule has 1 heterocycles. The Kier molecular flexibility index (Phi) is 21.3. The van der Waals surface area contributed by atoms with Crippen molar-refractivity contribution in [3.8, 4) is 0 Å². The first-order valence-electron chi connectivity index (χ1n) is 15.6. The highest BCUT2D eigenvalue weighted by Gasteiger charge is 2.44. The van der Waals surface area contributed by atoms with Crippen LogP contribution in [-0.2, 0) is 14.3 Å². The van der Waals surface area contributed by atoms with Gasteiger partial charge in [-0.2, -0.15) is 0 Å². The van der Waals surface area contributed by atoms with Gasteiger partial charge in [-0.3, -0.25) is 4.79 Å². The van der Waals surface area contributed by atoms with Gasteiger partial charge in [0.05, 0.1) is 25.4 Å². The summed E-state index contributed by atoms with van der Waals surface area (Å²) in [5, 5.41) is 53.3. The minimum atomic E-state index is -1.56. The van der Waals surface area contributed by atoms with Crippen LogP contribution in [0.5, 0.6) is 0 Å². The van der Waals surface area contributed by atoms with Gasteiger partial charge in [0.1, 0.15) is 24.4 Å². The van der Waals surface area contributed by atoms with Crippen molar-refractivity contribution in [2.45, 2.75) is 153 Å². The molecule has 1 amide bonds. The van der Waals surface area contributed by atoms with E-state index in [-0.39, 0.29) is 12.5 Å². The number of hydrogen-bond acceptors (Lipinski definition) is 8. The fraction of sp³-hybridized carbons (Fsp3) is 0.839. The Balaban J connectivity index is 2.60. The third-order valence-electron chi connectivity index (χ3n) is 7.28. The first-order chi connectivity index (χ1) is 19.3. The number of carbonyl (C=O) groups is 1. The summed E-state index contributed by atoms with van der Waals surface area (Å²) in [4.78, 5) is 12.6. The number of nitrogens with one attached hydrogen (secondary N) is 1. The second kappa shape index (κ2) is 23.3.